The molecule has 0 saturated heterocycles. The molecule has 0 N–H and O–H groups in total. The highest BCUT2D eigenvalue weighted by Gasteiger charge is 2.42. The summed E-state index contributed by atoms with van der Waals surface area (Å²) in [7, 11) is 0. The molecule has 2 aliphatic rings. The number of nitrogens with zero attached hydrogens (tertiary/aromatic N) is 1. The van der Waals surface area contributed by atoms with E-state index in [4.69, 9.17) is 0 Å². The van der Waals surface area contributed by atoms with Crippen molar-refractivity contribution in [3.63, 3.8) is 0 Å². The molecule has 0 unspecified atom stereocenters. The summed E-state index contributed by atoms with van der Waals surface area (Å²) in [4.78, 5) is 2.57. The van der Waals surface area contributed by atoms with Crippen LogP contribution < -0.4 is 15.7 Å². The highest BCUT2D eigenvalue weighted by molar-refractivity contribution is 6.92. The van der Waals surface area contributed by atoms with Gasteiger partial charge in [-0.2, -0.15) is 0 Å². The summed E-state index contributed by atoms with van der Waals surface area (Å²) < 4.78 is 0. The fourth-order valence-corrected chi connectivity index (χ4v) is 5.29. The monoisotopic (exact) mass is 385 g/mol. The van der Waals surface area contributed by atoms with Gasteiger partial charge in [-0.25, -0.2) is 0 Å². The predicted molar refractivity (Wildman–Crippen MR) is 130 cm³/mol. The highest BCUT2D eigenvalue weighted by atomic mass is 15.1. The minimum Gasteiger partial charge on any atom is -0.376 e. The first-order valence-electron chi connectivity index (χ1n) is 10.7. The lowest BCUT2D eigenvalue weighted by molar-refractivity contribution is 1.31. The van der Waals surface area contributed by atoms with Crippen LogP contribution >= 0.6 is 0 Å². The Balaban J connectivity index is 1.76. The lowest BCUT2D eigenvalue weighted by atomic mass is 9.43. The fourth-order valence-electron chi connectivity index (χ4n) is 5.29. The van der Waals surface area contributed by atoms with Gasteiger partial charge in [-0.3, -0.25) is 0 Å². The van der Waals surface area contributed by atoms with Crippen molar-refractivity contribution >= 4 is 29.1 Å². The molecule has 4 aromatic carbocycles. The first kappa shape index (κ1) is 17.6. The Hall–Kier alpha value is -3.26. The van der Waals surface area contributed by atoms with Gasteiger partial charge in [0.05, 0.1) is 0 Å². The lowest BCUT2D eigenvalue weighted by Gasteiger charge is -2.43. The van der Waals surface area contributed by atoms with Crippen molar-refractivity contribution in [2.24, 2.45) is 0 Å². The van der Waals surface area contributed by atoms with E-state index < -0.39 is 0 Å². The molecule has 0 aromatic heterocycles. The maximum Gasteiger partial charge on any atom is 0.329 e. The van der Waals surface area contributed by atoms with Gasteiger partial charge in [0.25, 0.3) is 0 Å². The van der Waals surface area contributed by atoms with Crippen LogP contribution in [0.15, 0.2) is 72.8 Å². The lowest BCUT2D eigenvalue weighted by Crippen LogP contribution is -2.59. The van der Waals surface area contributed by atoms with Gasteiger partial charge in [0.1, 0.15) is 0 Å². The topological polar surface area (TPSA) is 3.24 Å². The van der Waals surface area contributed by atoms with Crippen LogP contribution in [0.25, 0.3) is 22.3 Å². The van der Waals surface area contributed by atoms with Crippen molar-refractivity contribution < 1.29 is 0 Å². The second kappa shape index (κ2) is 6.12. The SMILES string of the molecule is Cc1ccc2c(c1)-c1cc(C)ccc1N1B2c2ccc(C)cc2-c2cc(C)ccc21. The smallest absolute Gasteiger partial charge is 0.329 e. The summed E-state index contributed by atoms with van der Waals surface area (Å²) in [5.74, 6) is 0. The zero-order valence-corrected chi connectivity index (χ0v) is 18.0. The van der Waals surface area contributed by atoms with E-state index in [2.05, 4.69) is 105 Å². The van der Waals surface area contributed by atoms with Crippen LogP contribution in [0.2, 0.25) is 0 Å². The molecule has 144 valence electrons. The van der Waals surface area contributed by atoms with E-state index in [1.807, 2.05) is 0 Å². The van der Waals surface area contributed by atoms with Crippen LogP contribution in [-0.4, -0.2) is 6.85 Å². The van der Waals surface area contributed by atoms with Gasteiger partial charge in [-0.1, -0.05) is 70.8 Å². The van der Waals surface area contributed by atoms with E-state index in [-0.39, 0.29) is 6.85 Å². The minimum atomic E-state index is 0.196. The number of hydrogen-bond acceptors (Lipinski definition) is 1. The van der Waals surface area contributed by atoms with E-state index in [0.717, 1.165) is 0 Å². The third kappa shape index (κ3) is 2.37. The summed E-state index contributed by atoms with van der Waals surface area (Å²) in [6, 6.07) is 27.7. The Morgan fingerprint density at radius 1 is 0.467 bits per heavy atom. The van der Waals surface area contributed by atoms with Crippen molar-refractivity contribution in [1.82, 2.24) is 0 Å². The van der Waals surface area contributed by atoms with Crippen molar-refractivity contribution in [1.29, 1.82) is 0 Å². The summed E-state index contributed by atoms with van der Waals surface area (Å²) in [5, 5.41) is 0. The van der Waals surface area contributed by atoms with E-state index >= 15 is 0 Å². The number of benzene rings is 4. The van der Waals surface area contributed by atoms with Crippen LogP contribution in [0.1, 0.15) is 22.3 Å². The third-order valence-corrected chi connectivity index (χ3v) is 6.67. The van der Waals surface area contributed by atoms with E-state index in [0.29, 0.717) is 0 Å². The Kier molecular flexibility index (Phi) is 3.59. The second-order valence-electron chi connectivity index (χ2n) is 9.00. The molecule has 1 nitrogen and oxygen atoms in total. The second-order valence-corrected chi connectivity index (χ2v) is 9.00. The average molecular weight is 385 g/mol. The summed E-state index contributed by atoms with van der Waals surface area (Å²) in [5.41, 5.74) is 16.1. The number of hydrogen-bond donors (Lipinski definition) is 0. The van der Waals surface area contributed by atoms with Gasteiger partial charge in [-0.05, 0) is 74.0 Å². The molecule has 30 heavy (non-hydrogen) atoms. The van der Waals surface area contributed by atoms with Gasteiger partial charge in [-0.15, -0.1) is 0 Å². The van der Waals surface area contributed by atoms with E-state index in [1.54, 1.807) is 0 Å². The minimum absolute atomic E-state index is 0.196. The van der Waals surface area contributed by atoms with Gasteiger partial charge >= 0.3 is 6.85 Å². The van der Waals surface area contributed by atoms with Crippen LogP contribution in [0, 0.1) is 27.7 Å². The Labute approximate surface area is 179 Å². The van der Waals surface area contributed by atoms with Crippen LogP contribution in [0.5, 0.6) is 0 Å². The maximum absolute atomic E-state index is 2.57. The predicted octanol–water partition coefficient (Wildman–Crippen LogP) is 5.83. The first-order chi connectivity index (χ1) is 14.5. The molecule has 0 bridgehead atoms. The third-order valence-electron chi connectivity index (χ3n) is 6.67. The fraction of sp³-hybridized carbons (Fsp3) is 0.143. The molecule has 0 fully saturated rings. The molecule has 0 atom stereocenters. The number of fused-ring (bicyclic) bond motifs is 11. The molecule has 6 rings (SSSR count). The molecular weight excluding hydrogens is 361 g/mol. The van der Waals surface area contributed by atoms with E-state index in [1.165, 1.54) is 66.8 Å². The summed E-state index contributed by atoms with van der Waals surface area (Å²) >= 11 is 0. The van der Waals surface area contributed by atoms with Crippen molar-refractivity contribution in [2.75, 3.05) is 4.81 Å². The van der Waals surface area contributed by atoms with Crippen LogP contribution in [0.4, 0.5) is 11.4 Å². The maximum atomic E-state index is 2.57. The molecule has 0 aliphatic carbocycles. The standard InChI is InChI=1S/C28H24BN/c1-17-5-9-25-21(13-17)23-15-19(3)7-11-27(23)30-28-12-8-20(4)16-24(28)22-14-18(2)6-10-26(22)29(25)30/h5-16H,1-4H3. The summed E-state index contributed by atoms with van der Waals surface area (Å²) in [6.07, 6.45) is 0. The van der Waals surface area contributed by atoms with Gasteiger partial charge in [0.2, 0.25) is 0 Å². The van der Waals surface area contributed by atoms with Crippen molar-refractivity contribution in [3.05, 3.63) is 95.1 Å². The van der Waals surface area contributed by atoms with E-state index in [9.17, 15) is 0 Å². The van der Waals surface area contributed by atoms with Gasteiger partial charge in [0, 0.05) is 22.5 Å². The molecule has 2 aliphatic heterocycles. The molecule has 0 saturated carbocycles. The zero-order valence-electron chi connectivity index (χ0n) is 18.0. The van der Waals surface area contributed by atoms with Crippen LogP contribution in [-0.2, 0) is 0 Å². The van der Waals surface area contributed by atoms with Gasteiger partial charge in [0.15, 0.2) is 0 Å². The molecule has 0 radical (unpaired) electrons. The molecule has 0 amide bonds. The Bertz CT molecular complexity index is 1140. The largest absolute Gasteiger partial charge is 0.376 e. The van der Waals surface area contributed by atoms with Crippen LogP contribution in [0.3, 0.4) is 0 Å². The molecule has 2 heteroatoms. The zero-order chi connectivity index (χ0) is 20.6. The highest BCUT2D eigenvalue weighted by Crippen LogP contribution is 2.46. The molecule has 2 heterocycles. The quantitative estimate of drug-likeness (QED) is 0.345. The molecular formula is C28H24BN. The first-order valence-corrected chi connectivity index (χ1v) is 10.7. The van der Waals surface area contributed by atoms with Crippen molar-refractivity contribution in [2.45, 2.75) is 27.7 Å². The average Bonchev–Trinajstić information content (AvgIpc) is 2.73. The molecule has 4 aromatic rings. The Morgan fingerprint density at radius 2 is 0.833 bits per heavy atom. The van der Waals surface area contributed by atoms with Gasteiger partial charge < -0.3 is 4.81 Å². The Morgan fingerprint density at radius 3 is 1.27 bits per heavy atom. The van der Waals surface area contributed by atoms with Crippen molar-refractivity contribution in [3.8, 4) is 22.3 Å². The normalized spacial score (nSPS) is 13.2. The summed E-state index contributed by atoms with van der Waals surface area (Å²) in [6.45, 7) is 8.96. The number of aryl methyl sites for hydroxylation is 4. The number of anilines is 2. The molecule has 0 spiro atoms. The number of rotatable bonds is 0.